The quantitative estimate of drug-likeness (QED) is 0.421. The Hall–Kier alpha value is -2.18. The lowest BCUT2D eigenvalue weighted by Crippen LogP contribution is -2.45. The van der Waals surface area contributed by atoms with Crippen LogP contribution in [0.25, 0.3) is 0 Å². The van der Waals surface area contributed by atoms with E-state index in [0.29, 0.717) is 12.5 Å². The van der Waals surface area contributed by atoms with Crippen LogP contribution in [0.1, 0.15) is 75.0 Å². The van der Waals surface area contributed by atoms with Crippen LogP contribution >= 0.6 is 15.9 Å². The van der Waals surface area contributed by atoms with Crippen molar-refractivity contribution in [2.75, 3.05) is 26.2 Å². The molecule has 5 nitrogen and oxygen atoms in total. The molecule has 6 heteroatoms. The van der Waals surface area contributed by atoms with Crippen molar-refractivity contribution in [3.63, 3.8) is 0 Å². The van der Waals surface area contributed by atoms with Gasteiger partial charge < -0.3 is 15.1 Å². The number of rotatable bonds is 8. The molecular weight excluding hydrogens is 526 g/mol. The third-order valence-corrected chi connectivity index (χ3v) is 9.46. The van der Waals surface area contributed by atoms with Gasteiger partial charge in [-0.15, -0.1) is 0 Å². The van der Waals surface area contributed by atoms with Gasteiger partial charge in [0.05, 0.1) is 11.5 Å². The standard InChI is InChI=1S/C31H40BrN3O2/c32-27-13-11-24(12-14-27)23-35-22-18-31(30(35)37)16-20-34(21-17-31)19-15-28(25-7-3-1-4-8-25)33-29(36)26-9-5-2-6-10-26/h1,3-4,7-8,11-14,26,28H,2,5-6,9-10,15-23H2,(H,33,36)/t28-/m0/s1. The molecule has 3 aliphatic rings. The first kappa shape index (κ1) is 26.4. The second-order valence-corrected chi connectivity index (χ2v) is 12.2. The van der Waals surface area contributed by atoms with Gasteiger partial charge in [-0.25, -0.2) is 0 Å². The normalized spacial score (nSPS) is 21.3. The monoisotopic (exact) mass is 565 g/mol. The highest BCUT2D eigenvalue weighted by Gasteiger charge is 2.47. The second kappa shape index (κ2) is 12.1. The van der Waals surface area contributed by atoms with E-state index in [-0.39, 0.29) is 23.3 Å². The van der Waals surface area contributed by atoms with Crippen LogP contribution in [0.4, 0.5) is 0 Å². The van der Waals surface area contributed by atoms with Crippen LogP contribution in [-0.4, -0.2) is 47.8 Å². The maximum absolute atomic E-state index is 13.4. The summed E-state index contributed by atoms with van der Waals surface area (Å²) in [7, 11) is 0. The predicted molar refractivity (Wildman–Crippen MR) is 151 cm³/mol. The Morgan fingerprint density at radius 2 is 1.62 bits per heavy atom. The number of carbonyl (C=O) groups excluding carboxylic acids is 2. The number of piperidine rings is 1. The zero-order chi connectivity index (χ0) is 25.7. The van der Waals surface area contributed by atoms with Crippen molar-refractivity contribution in [2.24, 2.45) is 11.3 Å². The molecule has 1 N–H and O–H groups in total. The summed E-state index contributed by atoms with van der Waals surface area (Å²) in [5.74, 6) is 0.745. The van der Waals surface area contributed by atoms with Crippen molar-refractivity contribution in [3.8, 4) is 0 Å². The first-order valence-corrected chi connectivity index (χ1v) is 14.9. The van der Waals surface area contributed by atoms with Crippen molar-refractivity contribution < 1.29 is 9.59 Å². The summed E-state index contributed by atoms with van der Waals surface area (Å²) in [6, 6.07) is 18.8. The van der Waals surface area contributed by atoms with Gasteiger partial charge in [0.15, 0.2) is 0 Å². The van der Waals surface area contributed by atoms with Crippen LogP contribution < -0.4 is 5.32 Å². The van der Waals surface area contributed by atoms with Crippen LogP contribution in [0, 0.1) is 11.3 Å². The number of halogens is 1. The summed E-state index contributed by atoms with van der Waals surface area (Å²) in [6.45, 7) is 4.42. The third kappa shape index (κ3) is 6.46. The van der Waals surface area contributed by atoms with E-state index < -0.39 is 0 Å². The lowest BCUT2D eigenvalue weighted by atomic mass is 9.77. The molecule has 3 fully saturated rings. The summed E-state index contributed by atoms with van der Waals surface area (Å²) in [5.41, 5.74) is 2.20. The van der Waals surface area contributed by atoms with Crippen LogP contribution in [0.3, 0.4) is 0 Å². The fraction of sp³-hybridized carbons (Fsp3) is 0.548. The van der Waals surface area contributed by atoms with Gasteiger partial charge in [-0.2, -0.15) is 0 Å². The Bertz CT molecular complexity index is 1040. The van der Waals surface area contributed by atoms with Crippen molar-refractivity contribution in [3.05, 3.63) is 70.2 Å². The Morgan fingerprint density at radius 3 is 2.32 bits per heavy atom. The number of likely N-dealkylation sites (tertiary alicyclic amines) is 2. The number of carbonyl (C=O) groups is 2. The number of nitrogens with one attached hydrogen (secondary N) is 1. The fourth-order valence-electron chi connectivity index (χ4n) is 6.50. The minimum absolute atomic E-state index is 0.0426. The molecule has 1 aliphatic carbocycles. The Labute approximate surface area is 230 Å². The number of amides is 2. The molecule has 0 bridgehead atoms. The molecule has 5 rings (SSSR count). The molecule has 0 aromatic heterocycles. The van der Waals surface area contributed by atoms with Crippen LogP contribution in [-0.2, 0) is 16.1 Å². The molecule has 2 aromatic carbocycles. The highest BCUT2D eigenvalue weighted by atomic mass is 79.9. The minimum atomic E-state index is -0.181. The zero-order valence-corrected chi connectivity index (χ0v) is 23.4. The zero-order valence-electron chi connectivity index (χ0n) is 21.8. The maximum Gasteiger partial charge on any atom is 0.229 e. The molecule has 2 amide bonds. The van der Waals surface area contributed by atoms with Gasteiger partial charge in [-0.3, -0.25) is 9.59 Å². The molecule has 1 spiro atoms. The lowest BCUT2D eigenvalue weighted by molar-refractivity contribution is -0.139. The Kier molecular flexibility index (Phi) is 8.66. The van der Waals surface area contributed by atoms with Gasteiger partial charge >= 0.3 is 0 Å². The van der Waals surface area contributed by atoms with Gasteiger partial charge in [0, 0.05) is 30.0 Å². The molecule has 198 valence electrons. The average Bonchev–Trinajstić information content (AvgIpc) is 3.23. The van der Waals surface area contributed by atoms with Crippen molar-refractivity contribution in [1.29, 1.82) is 0 Å². The summed E-state index contributed by atoms with van der Waals surface area (Å²) in [4.78, 5) is 31.0. The number of hydrogen-bond donors (Lipinski definition) is 1. The number of nitrogens with zero attached hydrogens (tertiary/aromatic N) is 2. The number of hydrogen-bond acceptors (Lipinski definition) is 3. The van der Waals surface area contributed by atoms with E-state index in [0.717, 1.165) is 69.2 Å². The first-order valence-electron chi connectivity index (χ1n) is 14.1. The highest BCUT2D eigenvalue weighted by Crippen LogP contribution is 2.42. The summed E-state index contributed by atoms with van der Waals surface area (Å²) in [6.07, 6.45) is 9.39. The average molecular weight is 567 g/mol. The topological polar surface area (TPSA) is 52.7 Å². The molecule has 37 heavy (non-hydrogen) atoms. The van der Waals surface area contributed by atoms with E-state index in [1.165, 1.54) is 30.4 Å². The molecule has 2 saturated heterocycles. The second-order valence-electron chi connectivity index (χ2n) is 11.3. The fourth-order valence-corrected chi connectivity index (χ4v) is 6.76. The molecular formula is C31H40BrN3O2. The number of benzene rings is 2. The predicted octanol–water partition coefficient (Wildman–Crippen LogP) is 6.09. The molecule has 1 saturated carbocycles. The largest absolute Gasteiger partial charge is 0.349 e. The first-order chi connectivity index (χ1) is 18.0. The minimum Gasteiger partial charge on any atom is -0.349 e. The third-order valence-electron chi connectivity index (χ3n) is 8.93. The van der Waals surface area contributed by atoms with E-state index in [9.17, 15) is 9.59 Å². The molecule has 2 aliphatic heterocycles. The van der Waals surface area contributed by atoms with Gasteiger partial charge in [0.2, 0.25) is 11.8 Å². The van der Waals surface area contributed by atoms with Gasteiger partial charge in [0.1, 0.15) is 0 Å². The van der Waals surface area contributed by atoms with Gasteiger partial charge in [0.25, 0.3) is 0 Å². The van der Waals surface area contributed by atoms with Crippen molar-refractivity contribution >= 4 is 27.7 Å². The SMILES string of the molecule is O=C(N[C@@H](CCN1CCC2(CC1)CCN(Cc1ccc(Br)cc1)C2=O)c1ccccc1)C1CCCCC1. The van der Waals surface area contributed by atoms with Gasteiger partial charge in [-0.1, -0.05) is 77.7 Å². The Morgan fingerprint density at radius 1 is 0.946 bits per heavy atom. The smallest absolute Gasteiger partial charge is 0.229 e. The highest BCUT2D eigenvalue weighted by molar-refractivity contribution is 9.10. The summed E-state index contributed by atoms with van der Waals surface area (Å²) >= 11 is 3.49. The molecule has 2 heterocycles. The molecule has 1 atom stereocenters. The van der Waals surface area contributed by atoms with Crippen molar-refractivity contribution in [1.82, 2.24) is 15.1 Å². The molecule has 0 unspecified atom stereocenters. The van der Waals surface area contributed by atoms with Gasteiger partial charge in [-0.05, 0) is 74.9 Å². The summed E-state index contributed by atoms with van der Waals surface area (Å²) < 4.78 is 1.07. The Balaban J connectivity index is 1.14. The van der Waals surface area contributed by atoms with Crippen molar-refractivity contribution in [2.45, 2.75) is 70.4 Å². The van der Waals surface area contributed by atoms with E-state index in [1.807, 2.05) is 18.2 Å². The van der Waals surface area contributed by atoms with E-state index in [2.05, 4.69) is 67.4 Å². The van der Waals surface area contributed by atoms with Crippen LogP contribution in [0.2, 0.25) is 0 Å². The van der Waals surface area contributed by atoms with E-state index in [4.69, 9.17) is 0 Å². The van der Waals surface area contributed by atoms with E-state index in [1.54, 1.807) is 0 Å². The summed E-state index contributed by atoms with van der Waals surface area (Å²) in [5, 5.41) is 3.40. The lowest BCUT2D eigenvalue weighted by Gasteiger charge is -2.38. The molecule has 2 aromatic rings. The van der Waals surface area contributed by atoms with E-state index >= 15 is 0 Å². The van der Waals surface area contributed by atoms with Crippen LogP contribution in [0.15, 0.2) is 59.1 Å². The van der Waals surface area contributed by atoms with Crippen LogP contribution in [0.5, 0.6) is 0 Å². The molecule has 0 radical (unpaired) electrons. The maximum atomic E-state index is 13.4.